The van der Waals surface area contributed by atoms with Gasteiger partial charge in [-0.2, -0.15) is 0 Å². The van der Waals surface area contributed by atoms with Gasteiger partial charge in [0.1, 0.15) is 0 Å². The van der Waals surface area contributed by atoms with Crippen molar-refractivity contribution in [2.24, 2.45) is 0 Å². The number of nitrogens with zero attached hydrogens (tertiary/aromatic N) is 1. The molecule has 3 atom stereocenters. The number of sulfonamides is 1. The maximum Gasteiger partial charge on any atom is 0.212 e. The molecule has 0 aromatic heterocycles. The zero-order valence-electron chi connectivity index (χ0n) is 14.4. The van der Waals surface area contributed by atoms with Crippen molar-refractivity contribution in [2.75, 3.05) is 32.5 Å². The van der Waals surface area contributed by atoms with E-state index in [-0.39, 0.29) is 18.5 Å². The molecule has 0 unspecified atom stereocenters. The molecule has 2 N–H and O–H groups in total. The van der Waals surface area contributed by atoms with Crippen molar-refractivity contribution in [3.8, 4) is 0 Å². The maximum atomic E-state index is 11.8. The Balaban J connectivity index is 1.79. The number of nitrogens with one attached hydrogen (secondary N) is 1. The lowest BCUT2D eigenvalue weighted by molar-refractivity contribution is 0.0207. The summed E-state index contributed by atoms with van der Waals surface area (Å²) in [5, 5.41) is 10.3. The highest BCUT2D eigenvalue weighted by molar-refractivity contribution is 7.89. The van der Waals surface area contributed by atoms with E-state index in [0.717, 1.165) is 13.0 Å². The molecular formula is C17H28N2O4S. The standard InChI is InChI=1S/C17H28N2O4S/c1-3-11-24(21,22)18-15-13-23-16(17(15)20)12-19(2)10-9-14-7-5-4-6-8-14/h4-8,15-18,20H,3,9-13H2,1-2H3/t15-,16-,17+/m0/s1. The SMILES string of the molecule is CCCS(=O)(=O)N[C@H]1CO[C@@H](CN(C)CCc2ccccc2)[C@@H]1O. The average molecular weight is 356 g/mol. The van der Waals surface area contributed by atoms with Crippen molar-refractivity contribution in [1.29, 1.82) is 0 Å². The van der Waals surface area contributed by atoms with Gasteiger partial charge in [-0.25, -0.2) is 13.1 Å². The van der Waals surface area contributed by atoms with Crippen molar-refractivity contribution in [3.63, 3.8) is 0 Å². The molecule has 1 saturated heterocycles. The molecule has 1 aromatic carbocycles. The molecule has 1 heterocycles. The van der Waals surface area contributed by atoms with Gasteiger partial charge < -0.3 is 14.7 Å². The minimum absolute atomic E-state index is 0.0673. The van der Waals surface area contributed by atoms with Gasteiger partial charge in [-0.3, -0.25) is 0 Å². The van der Waals surface area contributed by atoms with E-state index >= 15 is 0 Å². The van der Waals surface area contributed by atoms with E-state index in [1.54, 1.807) is 0 Å². The summed E-state index contributed by atoms with van der Waals surface area (Å²) >= 11 is 0. The molecule has 0 amide bonds. The van der Waals surface area contributed by atoms with Crippen molar-refractivity contribution in [2.45, 2.75) is 38.0 Å². The van der Waals surface area contributed by atoms with Gasteiger partial charge in [-0.1, -0.05) is 37.3 Å². The fourth-order valence-corrected chi connectivity index (χ4v) is 4.19. The molecule has 1 aliphatic rings. The van der Waals surface area contributed by atoms with E-state index in [1.807, 2.05) is 32.2 Å². The second-order valence-electron chi connectivity index (χ2n) is 6.40. The molecule has 0 spiro atoms. The molecular weight excluding hydrogens is 328 g/mol. The molecule has 0 saturated carbocycles. The third-order valence-electron chi connectivity index (χ3n) is 4.20. The lowest BCUT2D eigenvalue weighted by atomic mass is 10.1. The number of aliphatic hydroxyl groups excluding tert-OH is 1. The Morgan fingerprint density at radius 1 is 1.33 bits per heavy atom. The van der Waals surface area contributed by atoms with Crippen molar-refractivity contribution < 1.29 is 18.3 Å². The predicted molar refractivity (Wildman–Crippen MR) is 94.4 cm³/mol. The monoisotopic (exact) mass is 356 g/mol. The van der Waals surface area contributed by atoms with E-state index in [4.69, 9.17) is 4.74 Å². The van der Waals surface area contributed by atoms with E-state index in [2.05, 4.69) is 21.8 Å². The van der Waals surface area contributed by atoms with Gasteiger partial charge in [0.05, 0.1) is 30.6 Å². The summed E-state index contributed by atoms with van der Waals surface area (Å²) in [5.74, 6) is 0.0673. The highest BCUT2D eigenvalue weighted by atomic mass is 32.2. The van der Waals surface area contributed by atoms with Crippen LogP contribution >= 0.6 is 0 Å². The lowest BCUT2D eigenvalue weighted by Gasteiger charge is -2.23. The van der Waals surface area contributed by atoms with Crippen molar-refractivity contribution >= 4 is 10.0 Å². The van der Waals surface area contributed by atoms with Gasteiger partial charge in [0.2, 0.25) is 10.0 Å². The molecule has 24 heavy (non-hydrogen) atoms. The minimum Gasteiger partial charge on any atom is -0.389 e. The lowest BCUT2D eigenvalue weighted by Crippen LogP contribution is -2.47. The number of rotatable bonds is 9. The van der Waals surface area contributed by atoms with E-state index in [9.17, 15) is 13.5 Å². The summed E-state index contributed by atoms with van der Waals surface area (Å²) in [6.45, 7) is 3.44. The molecule has 1 aliphatic heterocycles. The van der Waals surface area contributed by atoms with E-state index in [1.165, 1.54) is 5.56 Å². The molecule has 6 nitrogen and oxygen atoms in total. The van der Waals surface area contributed by atoms with Crippen LogP contribution in [0.3, 0.4) is 0 Å². The first-order valence-electron chi connectivity index (χ1n) is 8.43. The first-order valence-corrected chi connectivity index (χ1v) is 10.1. The number of hydrogen-bond donors (Lipinski definition) is 2. The summed E-state index contributed by atoms with van der Waals surface area (Å²) in [5.41, 5.74) is 1.27. The van der Waals surface area contributed by atoms with Crippen LogP contribution in [0.25, 0.3) is 0 Å². The highest BCUT2D eigenvalue weighted by Gasteiger charge is 2.38. The summed E-state index contributed by atoms with van der Waals surface area (Å²) in [6.07, 6.45) is 0.271. The zero-order valence-corrected chi connectivity index (χ0v) is 15.2. The van der Waals surface area contributed by atoms with Crippen LogP contribution in [0.2, 0.25) is 0 Å². The molecule has 0 bridgehead atoms. The minimum atomic E-state index is -3.35. The van der Waals surface area contributed by atoms with Crippen LogP contribution < -0.4 is 4.72 Å². The van der Waals surface area contributed by atoms with Gasteiger partial charge in [-0.05, 0) is 25.5 Å². The van der Waals surface area contributed by atoms with Crippen LogP contribution in [0.1, 0.15) is 18.9 Å². The second kappa shape index (κ2) is 8.92. The van der Waals surface area contributed by atoms with Gasteiger partial charge in [0.25, 0.3) is 0 Å². The van der Waals surface area contributed by atoms with Crippen LogP contribution in [0, 0.1) is 0 Å². The summed E-state index contributed by atoms with van der Waals surface area (Å²) < 4.78 is 31.8. The Morgan fingerprint density at radius 2 is 2.04 bits per heavy atom. The molecule has 2 rings (SSSR count). The fraction of sp³-hybridized carbons (Fsp3) is 0.647. The Hall–Kier alpha value is -0.990. The fourth-order valence-electron chi connectivity index (χ4n) is 2.87. The van der Waals surface area contributed by atoms with Crippen LogP contribution in [0.4, 0.5) is 0 Å². The van der Waals surface area contributed by atoms with Crippen molar-refractivity contribution in [1.82, 2.24) is 9.62 Å². The third kappa shape index (κ3) is 5.82. The smallest absolute Gasteiger partial charge is 0.212 e. The van der Waals surface area contributed by atoms with Gasteiger partial charge >= 0.3 is 0 Å². The molecule has 0 aliphatic carbocycles. The van der Waals surface area contributed by atoms with Crippen molar-refractivity contribution in [3.05, 3.63) is 35.9 Å². The summed E-state index contributed by atoms with van der Waals surface area (Å²) in [7, 11) is -1.37. The largest absolute Gasteiger partial charge is 0.389 e. The zero-order chi connectivity index (χ0) is 17.6. The van der Waals surface area contributed by atoms with Gasteiger partial charge in [-0.15, -0.1) is 0 Å². The Kier molecular flexibility index (Phi) is 7.18. The number of ether oxygens (including phenoxy) is 1. The average Bonchev–Trinajstić information content (AvgIpc) is 2.86. The molecule has 1 fully saturated rings. The Labute approximate surface area is 144 Å². The van der Waals surface area contributed by atoms with E-state index in [0.29, 0.717) is 13.0 Å². The number of aliphatic hydroxyl groups is 1. The first-order chi connectivity index (χ1) is 11.4. The maximum absolute atomic E-state index is 11.8. The summed E-state index contributed by atoms with van der Waals surface area (Å²) in [4.78, 5) is 2.10. The highest BCUT2D eigenvalue weighted by Crippen LogP contribution is 2.16. The quantitative estimate of drug-likeness (QED) is 0.678. The van der Waals surface area contributed by atoms with Gasteiger partial charge in [0.15, 0.2) is 0 Å². The molecule has 7 heteroatoms. The number of hydrogen-bond acceptors (Lipinski definition) is 5. The topological polar surface area (TPSA) is 78.9 Å². The number of benzene rings is 1. The Bertz CT molecular complexity index is 594. The molecule has 136 valence electrons. The number of likely N-dealkylation sites (N-methyl/N-ethyl adjacent to an activating group) is 1. The van der Waals surface area contributed by atoms with E-state index < -0.39 is 22.2 Å². The molecule has 1 aromatic rings. The van der Waals surface area contributed by atoms with Crippen LogP contribution in [-0.4, -0.2) is 69.2 Å². The first kappa shape index (κ1) is 19.3. The second-order valence-corrected chi connectivity index (χ2v) is 8.28. The van der Waals surface area contributed by atoms with Crippen LogP contribution in [0.5, 0.6) is 0 Å². The third-order valence-corrected chi connectivity index (χ3v) is 5.81. The normalized spacial score (nSPS) is 24.6. The predicted octanol–water partition coefficient (Wildman–Crippen LogP) is 0.619. The Morgan fingerprint density at radius 3 is 2.71 bits per heavy atom. The van der Waals surface area contributed by atoms with Crippen LogP contribution in [-0.2, 0) is 21.2 Å². The van der Waals surface area contributed by atoms with Crippen LogP contribution in [0.15, 0.2) is 30.3 Å². The summed E-state index contributed by atoms with van der Waals surface area (Å²) in [6, 6.07) is 9.66. The molecule has 0 radical (unpaired) electrons. The van der Waals surface area contributed by atoms with Gasteiger partial charge in [0, 0.05) is 13.1 Å².